The van der Waals surface area contributed by atoms with E-state index >= 15 is 0 Å². The second-order valence-electron chi connectivity index (χ2n) is 2.36. The van der Waals surface area contributed by atoms with Gasteiger partial charge in [-0.3, -0.25) is 0 Å². The first-order valence-corrected chi connectivity index (χ1v) is 4.20. The highest BCUT2D eigenvalue weighted by molar-refractivity contribution is 7.75. The molecule has 0 aliphatic heterocycles. The van der Waals surface area contributed by atoms with Crippen molar-refractivity contribution >= 4 is 25.8 Å². The van der Waals surface area contributed by atoms with E-state index in [-0.39, 0.29) is 0 Å². The lowest BCUT2D eigenvalue weighted by Gasteiger charge is -2.00. The van der Waals surface area contributed by atoms with Gasteiger partial charge in [-0.2, -0.15) is 0 Å². The Morgan fingerprint density at radius 2 is 1.17 bits per heavy atom. The highest BCUT2D eigenvalue weighted by atomic mass is 32.1. The fourth-order valence-corrected chi connectivity index (χ4v) is 1.18. The quantitative estimate of drug-likeness (QED) is 0.577. The van der Waals surface area contributed by atoms with Crippen LogP contribution in [0.3, 0.4) is 0 Å². The number of hydrogen-bond donors (Lipinski definition) is 2. The molecule has 0 unspecified atom stereocenters. The molecule has 0 N–H and O–H groups in total. The first-order valence-electron chi connectivity index (χ1n) is 3.47. The van der Waals surface area contributed by atoms with Crippen LogP contribution in [-0.2, 0) is 21.6 Å². The predicted octanol–water partition coefficient (Wildman–Crippen LogP) is 2.41. The Labute approximate surface area is 83.1 Å². The number of benzene rings is 1. The van der Waals surface area contributed by atoms with E-state index < -0.39 is 0 Å². The van der Waals surface area contributed by atoms with Crippen molar-refractivity contribution in [2.24, 2.45) is 0 Å². The van der Waals surface area contributed by atoms with Gasteiger partial charge in [0, 0.05) is 0 Å². The van der Waals surface area contributed by atoms with Crippen molar-refractivity contribution < 1.29 is 8.37 Å². The molecule has 0 aromatic heterocycles. The molecule has 0 saturated carbocycles. The highest BCUT2D eigenvalue weighted by Crippen LogP contribution is 2.07. The second-order valence-corrected chi connectivity index (χ2v) is 2.88. The van der Waals surface area contributed by atoms with Crippen LogP contribution in [0.25, 0.3) is 0 Å². The van der Waals surface area contributed by atoms with E-state index in [0.717, 1.165) is 11.1 Å². The maximum absolute atomic E-state index is 4.68. The lowest BCUT2D eigenvalue weighted by Crippen LogP contribution is -1.87. The van der Waals surface area contributed by atoms with Gasteiger partial charge in [0.05, 0.1) is 13.2 Å². The van der Waals surface area contributed by atoms with Crippen LogP contribution in [0.15, 0.2) is 24.3 Å². The van der Waals surface area contributed by atoms with Gasteiger partial charge in [0.1, 0.15) is 0 Å². The fourth-order valence-electron chi connectivity index (χ4n) is 0.881. The van der Waals surface area contributed by atoms with Crippen molar-refractivity contribution in [2.45, 2.75) is 13.2 Å². The minimum atomic E-state index is 0.519. The molecule has 0 bridgehead atoms. The minimum absolute atomic E-state index is 0.519. The maximum Gasteiger partial charge on any atom is 0.0861 e. The zero-order valence-electron chi connectivity index (χ0n) is 6.43. The predicted molar refractivity (Wildman–Crippen MR) is 54.0 cm³/mol. The molecule has 4 heteroatoms. The number of hydrogen-bond acceptors (Lipinski definition) is 4. The third kappa shape index (κ3) is 3.06. The Bertz CT molecular complexity index is 198. The van der Waals surface area contributed by atoms with Gasteiger partial charge in [0.15, 0.2) is 0 Å². The third-order valence-corrected chi connectivity index (χ3v) is 1.74. The average Bonchev–Trinajstić information content (AvgIpc) is 2.09. The van der Waals surface area contributed by atoms with E-state index in [2.05, 4.69) is 34.2 Å². The second kappa shape index (κ2) is 5.48. The molecule has 2 nitrogen and oxygen atoms in total. The van der Waals surface area contributed by atoms with Crippen LogP contribution in [-0.4, -0.2) is 0 Å². The fraction of sp³-hybridized carbons (Fsp3) is 0.250. The summed E-state index contributed by atoms with van der Waals surface area (Å²) in [5.41, 5.74) is 2.18. The van der Waals surface area contributed by atoms with Gasteiger partial charge in [-0.05, 0) is 36.9 Å². The molecular formula is C8H10O2S2. The summed E-state index contributed by atoms with van der Waals surface area (Å²) in [6, 6.07) is 7.88. The molecule has 0 amide bonds. The highest BCUT2D eigenvalue weighted by Gasteiger charge is 1.93. The van der Waals surface area contributed by atoms with E-state index in [4.69, 9.17) is 0 Å². The van der Waals surface area contributed by atoms with E-state index in [1.165, 1.54) is 0 Å². The molecule has 0 saturated heterocycles. The Kier molecular flexibility index (Phi) is 4.53. The van der Waals surface area contributed by atoms with Crippen LogP contribution in [0.5, 0.6) is 0 Å². The molecule has 1 rings (SSSR count). The van der Waals surface area contributed by atoms with E-state index in [0.29, 0.717) is 13.2 Å². The van der Waals surface area contributed by atoms with Crippen LogP contribution in [0.2, 0.25) is 0 Å². The molecule has 0 heterocycles. The Morgan fingerprint density at radius 1 is 0.833 bits per heavy atom. The summed E-state index contributed by atoms with van der Waals surface area (Å²) in [7, 11) is 0. The SMILES string of the molecule is SOCc1ccc(COS)cc1. The Hall–Kier alpha value is -0.160. The van der Waals surface area contributed by atoms with Gasteiger partial charge in [-0.15, -0.1) is 0 Å². The molecule has 1 aromatic carbocycles. The van der Waals surface area contributed by atoms with Gasteiger partial charge >= 0.3 is 0 Å². The van der Waals surface area contributed by atoms with E-state index in [9.17, 15) is 0 Å². The monoisotopic (exact) mass is 202 g/mol. The minimum Gasteiger partial charge on any atom is -0.314 e. The summed E-state index contributed by atoms with van der Waals surface area (Å²) in [5, 5.41) is 0. The molecule has 1 aromatic rings. The molecular weight excluding hydrogens is 192 g/mol. The molecule has 0 aliphatic rings. The Balaban J connectivity index is 2.58. The number of thiol groups is 2. The van der Waals surface area contributed by atoms with Gasteiger partial charge in [0.25, 0.3) is 0 Å². The lowest BCUT2D eigenvalue weighted by molar-refractivity contribution is 0.367. The van der Waals surface area contributed by atoms with E-state index in [1.807, 2.05) is 24.3 Å². The van der Waals surface area contributed by atoms with E-state index in [1.54, 1.807) is 0 Å². The first-order chi connectivity index (χ1) is 5.86. The first kappa shape index (κ1) is 9.92. The maximum atomic E-state index is 4.68. The largest absolute Gasteiger partial charge is 0.314 e. The lowest BCUT2D eigenvalue weighted by atomic mass is 10.1. The molecule has 0 spiro atoms. The smallest absolute Gasteiger partial charge is 0.0861 e. The summed E-state index contributed by atoms with van der Waals surface area (Å²) < 4.78 is 9.35. The Morgan fingerprint density at radius 3 is 1.42 bits per heavy atom. The zero-order chi connectivity index (χ0) is 8.81. The van der Waals surface area contributed by atoms with Crippen LogP contribution >= 0.6 is 25.8 Å². The van der Waals surface area contributed by atoms with Crippen LogP contribution in [0.4, 0.5) is 0 Å². The normalized spacial score (nSPS) is 10.2. The summed E-state index contributed by atoms with van der Waals surface area (Å²) in [6.45, 7) is 1.04. The van der Waals surface area contributed by atoms with Crippen molar-refractivity contribution in [2.75, 3.05) is 0 Å². The zero-order valence-corrected chi connectivity index (χ0v) is 8.22. The van der Waals surface area contributed by atoms with Gasteiger partial charge in [-0.1, -0.05) is 24.3 Å². The molecule has 0 aliphatic carbocycles. The molecule has 0 atom stereocenters. The topological polar surface area (TPSA) is 18.5 Å². The third-order valence-electron chi connectivity index (χ3n) is 1.49. The summed E-state index contributed by atoms with van der Waals surface area (Å²) in [6.07, 6.45) is 0. The van der Waals surface area contributed by atoms with Crippen molar-refractivity contribution in [3.63, 3.8) is 0 Å². The average molecular weight is 202 g/mol. The van der Waals surface area contributed by atoms with Gasteiger partial charge in [0.2, 0.25) is 0 Å². The van der Waals surface area contributed by atoms with Gasteiger partial charge in [-0.25, -0.2) is 0 Å². The molecule has 0 radical (unpaired) electrons. The van der Waals surface area contributed by atoms with Gasteiger partial charge < -0.3 is 8.37 Å². The van der Waals surface area contributed by atoms with Crippen LogP contribution < -0.4 is 0 Å². The van der Waals surface area contributed by atoms with Crippen LogP contribution in [0.1, 0.15) is 11.1 Å². The van der Waals surface area contributed by atoms with Crippen molar-refractivity contribution in [3.8, 4) is 0 Å². The van der Waals surface area contributed by atoms with Crippen molar-refractivity contribution in [3.05, 3.63) is 35.4 Å². The van der Waals surface area contributed by atoms with Crippen LogP contribution in [0, 0.1) is 0 Å². The summed E-state index contributed by atoms with van der Waals surface area (Å²) in [4.78, 5) is 0. The molecule has 0 fully saturated rings. The summed E-state index contributed by atoms with van der Waals surface area (Å²) in [5.74, 6) is 0. The summed E-state index contributed by atoms with van der Waals surface area (Å²) >= 11 is 7.32. The molecule has 12 heavy (non-hydrogen) atoms. The van der Waals surface area contributed by atoms with Crippen molar-refractivity contribution in [1.29, 1.82) is 0 Å². The number of rotatable bonds is 4. The standard InChI is InChI=1S/C8H10O2S2/c11-9-5-7-1-2-8(4-3-7)6-10-12/h1-4,11-12H,5-6H2. The molecule has 66 valence electrons. The van der Waals surface area contributed by atoms with Crippen molar-refractivity contribution in [1.82, 2.24) is 0 Å².